The van der Waals surface area contributed by atoms with E-state index in [-0.39, 0.29) is 0 Å². The molecule has 1 aliphatic rings. The minimum absolute atomic E-state index is 0.294. The van der Waals surface area contributed by atoms with Crippen LogP contribution in [0.15, 0.2) is 18.2 Å². The number of hydrogen-bond acceptors (Lipinski definition) is 4. The third-order valence-corrected chi connectivity index (χ3v) is 3.89. The summed E-state index contributed by atoms with van der Waals surface area (Å²) in [6, 6.07) is 6.92. The van der Waals surface area contributed by atoms with E-state index < -0.39 is 0 Å². The zero-order valence-electron chi connectivity index (χ0n) is 12.8. The zero-order valence-corrected chi connectivity index (χ0v) is 12.8. The summed E-state index contributed by atoms with van der Waals surface area (Å²) in [5.41, 5.74) is 1.21. The van der Waals surface area contributed by atoms with Gasteiger partial charge in [0.05, 0.1) is 20.3 Å². The highest BCUT2D eigenvalue weighted by molar-refractivity contribution is 5.43. The molecule has 1 unspecified atom stereocenters. The molecule has 4 heteroatoms. The van der Waals surface area contributed by atoms with Crippen molar-refractivity contribution in [3.8, 4) is 11.5 Å². The van der Waals surface area contributed by atoms with E-state index in [0.29, 0.717) is 18.2 Å². The Morgan fingerprint density at radius 3 is 2.50 bits per heavy atom. The van der Waals surface area contributed by atoms with Crippen LogP contribution >= 0.6 is 0 Å². The van der Waals surface area contributed by atoms with Crippen LogP contribution < -0.4 is 14.8 Å². The minimum atomic E-state index is 0.294. The molecule has 2 rings (SSSR count). The maximum Gasteiger partial charge on any atom is 0.161 e. The standard InChI is InChI=1S/C16H25NO3/c1-5-20-14-9-13(10-14)17-11(2)12-6-7-15(18-3)16(8-12)19-4/h6-8,11,13-14,17H,5,9-10H2,1-4H3. The van der Waals surface area contributed by atoms with Gasteiger partial charge in [0.2, 0.25) is 0 Å². The summed E-state index contributed by atoms with van der Waals surface area (Å²) >= 11 is 0. The van der Waals surface area contributed by atoms with Crippen LogP contribution in [0.2, 0.25) is 0 Å². The van der Waals surface area contributed by atoms with Crippen molar-refractivity contribution in [2.24, 2.45) is 0 Å². The van der Waals surface area contributed by atoms with Gasteiger partial charge in [-0.25, -0.2) is 0 Å². The predicted molar refractivity (Wildman–Crippen MR) is 79.5 cm³/mol. The molecular formula is C16H25NO3. The monoisotopic (exact) mass is 279 g/mol. The molecule has 112 valence electrons. The molecule has 1 atom stereocenters. The van der Waals surface area contributed by atoms with Crippen LogP contribution in [0.3, 0.4) is 0 Å². The first-order chi connectivity index (χ1) is 9.67. The van der Waals surface area contributed by atoms with Crippen LogP contribution in [-0.4, -0.2) is 33.0 Å². The van der Waals surface area contributed by atoms with Crippen molar-refractivity contribution >= 4 is 0 Å². The topological polar surface area (TPSA) is 39.7 Å². The van der Waals surface area contributed by atoms with E-state index in [1.165, 1.54) is 5.56 Å². The largest absolute Gasteiger partial charge is 0.493 e. The number of rotatable bonds is 7. The highest BCUT2D eigenvalue weighted by atomic mass is 16.5. The second-order valence-electron chi connectivity index (χ2n) is 5.25. The highest BCUT2D eigenvalue weighted by Crippen LogP contribution is 2.31. The normalized spacial score (nSPS) is 23.0. The maximum atomic E-state index is 5.59. The van der Waals surface area contributed by atoms with E-state index in [4.69, 9.17) is 14.2 Å². The SMILES string of the molecule is CCOC1CC(NC(C)c2ccc(OC)c(OC)c2)C1. The summed E-state index contributed by atoms with van der Waals surface area (Å²) in [5, 5.41) is 3.63. The molecule has 0 bridgehead atoms. The third-order valence-electron chi connectivity index (χ3n) is 3.89. The average Bonchev–Trinajstić information content (AvgIpc) is 2.44. The van der Waals surface area contributed by atoms with Crippen molar-refractivity contribution in [3.63, 3.8) is 0 Å². The lowest BCUT2D eigenvalue weighted by Gasteiger charge is -2.37. The Morgan fingerprint density at radius 2 is 1.90 bits per heavy atom. The fourth-order valence-corrected chi connectivity index (χ4v) is 2.65. The molecule has 0 heterocycles. The molecule has 0 radical (unpaired) electrons. The van der Waals surface area contributed by atoms with Gasteiger partial charge in [-0.3, -0.25) is 0 Å². The molecule has 0 aromatic heterocycles. The van der Waals surface area contributed by atoms with E-state index in [1.807, 2.05) is 19.1 Å². The Kier molecular flexibility index (Phi) is 5.26. The molecule has 4 nitrogen and oxygen atoms in total. The van der Waals surface area contributed by atoms with Gasteiger partial charge in [0, 0.05) is 18.7 Å². The molecule has 1 aromatic rings. The van der Waals surface area contributed by atoms with Crippen molar-refractivity contribution in [3.05, 3.63) is 23.8 Å². The van der Waals surface area contributed by atoms with Gasteiger partial charge in [-0.15, -0.1) is 0 Å². The molecule has 1 fully saturated rings. The number of benzene rings is 1. The Balaban J connectivity index is 1.91. The molecule has 0 spiro atoms. The average molecular weight is 279 g/mol. The van der Waals surface area contributed by atoms with E-state index >= 15 is 0 Å². The second kappa shape index (κ2) is 6.95. The summed E-state index contributed by atoms with van der Waals surface area (Å²) in [6.07, 6.45) is 2.65. The van der Waals surface area contributed by atoms with Crippen LogP contribution in [0, 0.1) is 0 Å². The minimum Gasteiger partial charge on any atom is -0.493 e. The molecule has 1 aromatic carbocycles. The van der Waals surface area contributed by atoms with Crippen LogP contribution in [0.1, 0.15) is 38.3 Å². The van der Waals surface area contributed by atoms with Gasteiger partial charge in [-0.05, 0) is 44.4 Å². The van der Waals surface area contributed by atoms with Gasteiger partial charge in [-0.2, -0.15) is 0 Å². The zero-order chi connectivity index (χ0) is 14.5. The van der Waals surface area contributed by atoms with E-state index in [9.17, 15) is 0 Å². The summed E-state index contributed by atoms with van der Waals surface area (Å²) in [6.45, 7) is 5.03. The Hall–Kier alpha value is -1.26. The first kappa shape index (κ1) is 15.1. The highest BCUT2D eigenvalue weighted by Gasteiger charge is 2.30. The number of nitrogens with one attached hydrogen (secondary N) is 1. The van der Waals surface area contributed by atoms with E-state index in [0.717, 1.165) is 30.9 Å². The van der Waals surface area contributed by atoms with Crippen molar-refractivity contribution in [1.82, 2.24) is 5.32 Å². The lowest BCUT2D eigenvalue weighted by molar-refractivity contribution is -0.0120. The maximum absolute atomic E-state index is 5.59. The number of hydrogen-bond donors (Lipinski definition) is 1. The lowest BCUT2D eigenvalue weighted by atomic mass is 9.88. The quantitative estimate of drug-likeness (QED) is 0.833. The van der Waals surface area contributed by atoms with E-state index in [1.54, 1.807) is 14.2 Å². The number of ether oxygens (including phenoxy) is 3. The molecule has 1 N–H and O–H groups in total. The van der Waals surface area contributed by atoms with Gasteiger partial charge in [0.15, 0.2) is 11.5 Å². The summed E-state index contributed by atoms with van der Waals surface area (Å²) in [4.78, 5) is 0. The van der Waals surface area contributed by atoms with Crippen molar-refractivity contribution in [2.75, 3.05) is 20.8 Å². The summed E-state index contributed by atoms with van der Waals surface area (Å²) in [5.74, 6) is 1.54. The number of methoxy groups -OCH3 is 2. The van der Waals surface area contributed by atoms with Gasteiger partial charge in [0.25, 0.3) is 0 Å². The first-order valence-electron chi connectivity index (χ1n) is 7.27. The third kappa shape index (κ3) is 3.44. The Morgan fingerprint density at radius 1 is 1.20 bits per heavy atom. The Bertz CT molecular complexity index is 430. The molecule has 20 heavy (non-hydrogen) atoms. The molecular weight excluding hydrogens is 254 g/mol. The van der Waals surface area contributed by atoms with Gasteiger partial charge < -0.3 is 19.5 Å². The second-order valence-corrected chi connectivity index (χ2v) is 5.25. The van der Waals surface area contributed by atoms with E-state index in [2.05, 4.69) is 18.3 Å². The van der Waals surface area contributed by atoms with Crippen molar-refractivity contribution in [1.29, 1.82) is 0 Å². The summed E-state index contributed by atoms with van der Waals surface area (Å²) < 4.78 is 16.2. The molecule has 0 saturated heterocycles. The van der Waals surface area contributed by atoms with Crippen molar-refractivity contribution < 1.29 is 14.2 Å². The van der Waals surface area contributed by atoms with Crippen LogP contribution in [-0.2, 0) is 4.74 Å². The van der Waals surface area contributed by atoms with Gasteiger partial charge >= 0.3 is 0 Å². The molecule has 0 amide bonds. The summed E-state index contributed by atoms with van der Waals surface area (Å²) in [7, 11) is 3.32. The van der Waals surface area contributed by atoms with Crippen molar-refractivity contribution in [2.45, 2.75) is 44.9 Å². The fraction of sp³-hybridized carbons (Fsp3) is 0.625. The molecule has 1 aliphatic carbocycles. The fourth-order valence-electron chi connectivity index (χ4n) is 2.65. The lowest BCUT2D eigenvalue weighted by Crippen LogP contribution is -2.46. The van der Waals surface area contributed by atoms with Gasteiger partial charge in [-0.1, -0.05) is 6.07 Å². The Labute approximate surface area is 121 Å². The molecule has 0 aliphatic heterocycles. The van der Waals surface area contributed by atoms with Crippen LogP contribution in [0.25, 0.3) is 0 Å². The smallest absolute Gasteiger partial charge is 0.161 e. The predicted octanol–water partition coefficient (Wildman–Crippen LogP) is 2.92. The molecule has 1 saturated carbocycles. The van der Waals surface area contributed by atoms with Gasteiger partial charge in [0.1, 0.15) is 0 Å². The van der Waals surface area contributed by atoms with Crippen LogP contribution in [0.5, 0.6) is 11.5 Å². The van der Waals surface area contributed by atoms with Crippen LogP contribution in [0.4, 0.5) is 0 Å². The first-order valence-corrected chi connectivity index (χ1v) is 7.27.